The number of hydrogen-bond donors (Lipinski definition) is 2. The zero-order chi connectivity index (χ0) is 20.4. The molecule has 2 atom stereocenters. The Kier molecular flexibility index (Phi) is 6.45. The number of halogens is 2. The van der Waals surface area contributed by atoms with Gasteiger partial charge in [-0.05, 0) is 44.9 Å². The molecule has 9 heteroatoms. The van der Waals surface area contributed by atoms with Gasteiger partial charge in [-0.2, -0.15) is 8.78 Å². The van der Waals surface area contributed by atoms with Gasteiger partial charge in [0, 0.05) is 16.5 Å². The maximum absolute atomic E-state index is 15.3. The number of carboxylic acid groups (broad SMARTS) is 1. The number of rotatable bonds is 9. The average molecular weight is 403 g/mol. The molecule has 0 saturated carbocycles. The second kappa shape index (κ2) is 8.09. The first-order valence-corrected chi connectivity index (χ1v) is 10.3. The van der Waals surface area contributed by atoms with Crippen LogP contribution in [0.5, 0.6) is 0 Å². The van der Waals surface area contributed by atoms with Gasteiger partial charge in [-0.25, -0.2) is 4.79 Å². The normalized spacial score (nSPS) is 15.0. The molecule has 0 aliphatic rings. The highest BCUT2D eigenvalue weighted by Crippen LogP contribution is 2.68. The van der Waals surface area contributed by atoms with Crippen LogP contribution in [0.1, 0.15) is 56.6 Å². The van der Waals surface area contributed by atoms with Crippen LogP contribution < -0.4 is 0 Å². The Morgan fingerprint density at radius 1 is 1.19 bits per heavy atom. The first-order chi connectivity index (χ1) is 12.5. The molecular weight excluding hydrogens is 379 g/mol. The molecule has 0 saturated heterocycles. The molecule has 0 bridgehead atoms. The van der Waals surface area contributed by atoms with Gasteiger partial charge in [0.05, 0.1) is 12.2 Å². The standard InChI is InChI=1S/C18H24F2NO5P/c1-5-11(3)25-27(24,26-12(4)6-2)18(19,20)14-7-8-15-13(9-14)10-16(21-15)17(22)23/h7-12,21H,5-6H2,1-4H3,(H,22,23)/t11-,12-/m0/s1. The number of fused-ring (bicyclic) bond motifs is 1. The Bertz CT molecular complexity index is 851. The van der Waals surface area contributed by atoms with Crippen LogP contribution in [0.25, 0.3) is 10.9 Å². The Morgan fingerprint density at radius 2 is 1.74 bits per heavy atom. The van der Waals surface area contributed by atoms with Crippen LogP contribution in [0.3, 0.4) is 0 Å². The first kappa shape index (κ1) is 21.5. The number of H-pyrrole nitrogens is 1. The van der Waals surface area contributed by atoms with Gasteiger partial charge < -0.3 is 19.1 Å². The van der Waals surface area contributed by atoms with Crippen molar-refractivity contribution >= 4 is 24.5 Å². The minimum atomic E-state index is -4.84. The summed E-state index contributed by atoms with van der Waals surface area (Å²) in [6.07, 6.45) is -0.577. The molecule has 27 heavy (non-hydrogen) atoms. The monoisotopic (exact) mass is 403 g/mol. The number of nitrogens with one attached hydrogen (secondary N) is 1. The van der Waals surface area contributed by atoms with E-state index in [1.54, 1.807) is 27.7 Å². The molecular formula is C18H24F2NO5P. The summed E-state index contributed by atoms with van der Waals surface area (Å²) in [4.78, 5) is 13.7. The number of benzene rings is 1. The lowest BCUT2D eigenvalue weighted by atomic mass is 10.1. The van der Waals surface area contributed by atoms with Crippen molar-refractivity contribution in [1.82, 2.24) is 4.98 Å². The van der Waals surface area contributed by atoms with Gasteiger partial charge in [0.2, 0.25) is 0 Å². The van der Waals surface area contributed by atoms with E-state index in [2.05, 4.69) is 4.98 Å². The van der Waals surface area contributed by atoms with E-state index in [0.29, 0.717) is 18.4 Å². The van der Waals surface area contributed by atoms with E-state index in [1.807, 2.05) is 0 Å². The van der Waals surface area contributed by atoms with Gasteiger partial charge >= 0.3 is 19.2 Å². The Labute approximate surface area is 156 Å². The number of aromatic carboxylic acids is 1. The zero-order valence-corrected chi connectivity index (χ0v) is 16.6. The highest BCUT2D eigenvalue weighted by atomic mass is 31.2. The predicted molar refractivity (Wildman–Crippen MR) is 98.4 cm³/mol. The third-order valence-electron chi connectivity index (χ3n) is 4.33. The molecule has 1 heterocycles. The molecule has 0 fully saturated rings. The Hall–Kier alpha value is -1.76. The van der Waals surface area contributed by atoms with Crippen molar-refractivity contribution in [2.75, 3.05) is 0 Å². The van der Waals surface area contributed by atoms with Crippen molar-refractivity contribution in [3.63, 3.8) is 0 Å². The van der Waals surface area contributed by atoms with Crippen molar-refractivity contribution in [3.8, 4) is 0 Å². The Morgan fingerprint density at radius 3 is 2.22 bits per heavy atom. The molecule has 0 aliphatic heterocycles. The van der Waals surface area contributed by atoms with Crippen LogP contribution in [-0.4, -0.2) is 28.3 Å². The summed E-state index contributed by atoms with van der Waals surface area (Å²) in [7, 11) is -4.84. The molecule has 0 radical (unpaired) electrons. The van der Waals surface area contributed by atoms with Gasteiger partial charge in [-0.3, -0.25) is 4.57 Å². The van der Waals surface area contributed by atoms with E-state index in [4.69, 9.17) is 14.2 Å². The summed E-state index contributed by atoms with van der Waals surface area (Å²) in [5.41, 5.74) is -4.19. The van der Waals surface area contributed by atoms with Crippen molar-refractivity contribution in [1.29, 1.82) is 0 Å². The molecule has 1 aromatic carbocycles. The summed E-state index contributed by atoms with van der Waals surface area (Å²) in [6, 6.07) is 4.76. The number of alkyl halides is 2. The van der Waals surface area contributed by atoms with Crippen LogP contribution in [-0.2, 0) is 19.3 Å². The smallest absolute Gasteiger partial charge is 0.404 e. The number of carboxylic acids is 1. The topological polar surface area (TPSA) is 88.6 Å². The molecule has 0 amide bonds. The fourth-order valence-corrected chi connectivity index (χ4v) is 4.39. The van der Waals surface area contributed by atoms with E-state index in [-0.39, 0.29) is 11.1 Å². The van der Waals surface area contributed by atoms with E-state index >= 15 is 8.78 Å². The second-order valence-corrected chi connectivity index (χ2v) is 8.46. The maximum Gasteiger partial charge on any atom is 0.404 e. The number of aromatic amines is 1. The van der Waals surface area contributed by atoms with Crippen molar-refractivity contribution in [2.24, 2.45) is 0 Å². The summed E-state index contributed by atoms with van der Waals surface area (Å²) >= 11 is 0. The van der Waals surface area contributed by atoms with Crippen LogP contribution >= 0.6 is 7.60 Å². The quantitative estimate of drug-likeness (QED) is 0.521. The largest absolute Gasteiger partial charge is 0.477 e. The van der Waals surface area contributed by atoms with Gasteiger partial charge in [0.1, 0.15) is 5.69 Å². The third-order valence-corrected chi connectivity index (χ3v) is 6.55. The van der Waals surface area contributed by atoms with Gasteiger partial charge in [0.25, 0.3) is 0 Å². The lowest BCUT2D eigenvalue weighted by Gasteiger charge is -2.30. The molecule has 0 aliphatic carbocycles. The van der Waals surface area contributed by atoms with Crippen LogP contribution in [0.2, 0.25) is 0 Å². The summed E-state index contributed by atoms with van der Waals surface area (Å²) in [5.74, 6) is -1.20. The molecule has 2 aromatic rings. The van der Waals surface area contributed by atoms with Crippen LogP contribution in [0.4, 0.5) is 8.78 Å². The Balaban J connectivity index is 2.51. The summed E-state index contributed by atoms with van der Waals surface area (Å²) in [6.45, 7) is 6.57. The molecule has 6 nitrogen and oxygen atoms in total. The van der Waals surface area contributed by atoms with E-state index in [0.717, 1.165) is 12.1 Å². The lowest BCUT2D eigenvalue weighted by molar-refractivity contribution is 0.0118. The van der Waals surface area contributed by atoms with Crippen molar-refractivity contribution in [2.45, 2.75) is 58.4 Å². The first-order valence-electron chi connectivity index (χ1n) is 8.75. The van der Waals surface area contributed by atoms with E-state index in [1.165, 1.54) is 12.1 Å². The highest BCUT2D eigenvalue weighted by Gasteiger charge is 2.56. The summed E-state index contributed by atoms with van der Waals surface area (Å²) < 4.78 is 54.1. The minimum Gasteiger partial charge on any atom is -0.477 e. The van der Waals surface area contributed by atoms with E-state index in [9.17, 15) is 9.36 Å². The zero-order valence-electron chi connectivity index (χ0n) is 15.7. The SMILES string of the molecule is CC[C@H](C)OP(=O)(O[C@@H](C)CC)C(F)(F)c1ccc2[nH]c(C(=O)O)cc2c1. The van der Waals surface area contributed by atoms with Crippen molar-refractivity contribution in [3.05, 3.63) is 35.5 Å². The maximum atomic E-state index is 15.3. The molecule has 0 spiro atoms. The van der Waals surface area contributed by atoms with Crippen LogP contribution in [0.15, 0.2) is 24.3 Å². The fraction of sp³-hybridized carbons (Fsp3) is 0.500. The predicted octanol–water partition coefficient (Wildman–Crippen LogP) is 5.74. The average Bonchev–Trinajstić information content (AvgIpc) is 3.04. The van der Waals surface area contributed by atoms with Gasteiger partial charge in [0.15, 0.2) is 0 Å². The molecule has 1 aromatic heterocycles. The molecule has 150 valence electrons. The second-order valence-electron chi connectivity index (χ2n) is 6.48. The van der Waals surface area contributed by atoms with Gasteiger partial charge in [-0.1, -0.05) is 19.9 Å². The summed E-state index contributed by atoms with van der Waals surface area (Å²) in [5, 5.41) is 9.30. The van der Waals surface area contributed by atoms with Crippen LogP contribution in [0, 0.1) is 0 Å². The third kappa shape index (κ3) is 4.39. The number of carbonyl (C=O) groups is 1. The number of aromatic nitrogens is 1. The molecule has 2 rings (SSSR count). The van der Waals surface area contributed by atoms with Crippen molar-refractivity contribution < 1.29 is 32.3 Å². The highest BCUT2D eigenvalue weighted by molar-refractivity contribution is 7.54. The van der Waals surface area contributed by atoms with Gasteiger partial charge in [-0.15, -0.1) is 0 Å². The molecule has 2 N–H and O–H groups in total. The lowest BCUT2D eigenvalue weighted by Crippen LogP contribution is -2.23. The molecule has 0 unspecified atom stereocenters. The number of hydrogen-bond acceptors (Lipinski definition) is 4. The fourth-order valence-electron chi connectivity index (χ4n) is 2.37. The minimum absolute atomic E-state index is 0.125. The van der Waals surface area contributed by atoms with E-state index < -0.39 is 37.0 Å².